The number of imidazole rings is 1. The monoisotopic (exact) mass is 259 g/mol. The Labute approximate surface area is 114 Å². The van der Waals surface area contributed by atoms with Gasteiger partial charge in [-0.05, 0) is 27.0 Å². The first-order chi connectivity index (χ1) is 9.31. The molecule has 1 N–H and O–H groups in total. The molecule has 0 saturated carbocycles. The Kier molecular flexibility index (Phi) is 4.58. The normalized spacial score (nSPS) is 12.4. The van der Waals surface area contributed by atoms with Crippen molar-refractivity contribution in [2.24, 2.45) is 0 Å². The molecule has 0 spiro atoms. The molecule has 2 aromatic rings. The lowest BCUT2D eigenvalue weighted by Gasteiger charge is -2.20. The van der Waals surface area contributed by atoms with Gasteiger partial charge in [0.25, 0.3) is 0 Å². The minimum atomic E-state index is 0.0395. The van der Waals surface area contributed by atoms with Gasteiger partial charge in [0.1, 0.15) is 11.6 Å². The molecule has 0 radical (unpaired) electrons. The molecule has 19 heavy (non-hydrogen) atoms. The summed E-state index contributed by atoms with van der Waals surface area (Å²) in [6, 6.07) is 8.15. The maximum atomic E-state index is 5.71. The lowest BCUT2D eigenvalue weighted by Crippen LogP contribution is -2.22. The van der Waals surface area contributed by atoms with Crippen LogP contribution in [0.3, 0.4) is 0 Å². The summed E-state index contributed by atoms with van der Waals surface area (Å²) in [5.41, 5.74) is 1.12. The summed E-state index contributed by atoms with van der Waals surface area (Å²) in [5, 5.41) is 3.33. The molecule has 1 aromatic carbocycles. The predicted octanol–water partition coefficient (Wildman–Crippen LogP) is 2.61. The molecule has 0 aliphatic rings. The summed E-state index contributed by atoms with van der Waals surface area (Å²) in [4.78, 5) is 4.48. The second-order valence-electron chi connectivity index (χ2n) is 4.26. The van der Waals surface area contributed by atoms with Gasteiger partial charge in [-0.1, -0.05) is 18.2 Å². The highest BCUT2D eigenvalue weighted by atomic mass is 16.5. The first kappa shape index (κ1) is 13.6. The van der Waals surface area contributed by atoms with Crippen molar-refractivity contribution in [2.45, 2.75) is 26.4 Å². The number of aromatic nitrogens is 2. The average molecular weight is 259 g/mol. The number of hydrogen-bond donors (Lipinski definition) is 1. The third-order valence-electron chi connectivity index (χ3n) is 3.17. The van der Waals surface area contributed by atoms with Gasteiger partial charge in [-0.3, -0.25) is 0 Å². The quantitative estimate of drug-likeness (QED) is 0.866. The zero-order valence-electron chi connectivity index (χ0n) is 11.8. The van der Waals surface area contributed by atoms with Crippen LogP contribution in [0.4, 0.5) is 0 Å². The third kappa shape index (κ3) is 2.79. The van der Waals surface area contributed by atoms with Crippen LogP contribution in [0, 0.1) is 0 Å². The van der Waals surface area contributed by atoms with Gasteiger partial charge >= 0.3 is 0 Å². The highest BCUT2D eigenvalue weighted by Gasteiger charge is 2.20. The fourth-order valence-corrected chi connectivity index (χ4v) is 2.28. The standard InChI is InChI=1S/C15H21N3O/c1-4-18-11-10-17-15(18)14(16-3)12-8-6-7-9-13(12)19-5-2/h6-11,14,16H,4-5H2,1-3H3. The van der Waals surface area contributed by atoms with Crippen LogP contribution in [0.15, 0.2) is 36.7 Å². The minimum Gasteiger partial charge on any atom is -0.494 e. The van der Waals surface area contributed by atoms with Crippen molar-refractivity contribution in [1.29, 1.82) is 0 Å². The number of aryl methyl sites for hydroxylation is 1. The summed E-state index contributed by atoms with van der Waals surface area (Å²) in [7, 11) is 1.95. The van der Waals surface area contributed by atoms with Crippen LogP contribution in [0.1, 0.15) is 31.3 Å². The summed E-state index contributed by atoms with van der Waals surface area (Å²) in [6.07, 6.45) is 3.84. The Bertz CT molecular complexity index is 522. The molecule has 2 rings (SSSR count). The molecule has 0 amide bonds. The Morgan fingerprint density at radius 1 is 1.32 bits per heavy atom. The van der Waals surface area contributed by atoms with E-state index in [-0.39, 0.29) is 6.04 Å². The summed E-state index contributed by atoms with van der Waals surface area (Å²) < 4.78 is 7.86. The number of para-hydroxylation sites is 1. The van der Waals surface area contributed by atoms with Gasteiger partial charge in [0.15, 0.2) is 0 Å². The van der Waals surface area contributed by atoms with Gasteiger partial charge in [0.05, 0.1) is 12.6 Å². The Hall–Kier alpha value is -1.81. The molecule has 4 nitrogen and oxygen atoms in total. The van der Waals surface area contributed by atoms with Gasteiger partial charge in [-0.15, -0.1) is 0 Å². The molecule has 1 atom stereocenters. The Morgan fingerprint density at radius 2 is 2.11 bits per heavy atom. The van der Waals surface area contributed by atoms with Gasteiger partial charge in [0.2, 0.25) is 0 Å². The van der Waals surface area contributed by atoms with Gasteiger partial charge in [-0.2, -0.15) is 0 Å². The molecular weight excluding hydrogens is 238 g/mol. The van der Waals surface area contributed by atoms with Gasteiger partial charge in [0, 0.05) is 24.5 Å². The largest absolute Gasteiger partial charge is 0.494 e. The summed E-state index contributed by atoms with van der Waals surface area (Å²) in [5.74, 6) is 1.92. The molecule has 0 bridgehead atoms. The maximum Gasteiger partial charge on any atom is 0.130 e. The molecule has 1 heterocycles. The third-order valence-corrected chi connectivity index (χ3v) is 3.17. The minimum absolute atomic E-state index is 0.0395. The molecule has 1 unspecified atom stereocenters. The molecule has 0 fully saturated rings. The van der Waals surface area contributed by atoms with Crippen LogP contribution in [0.2, 0.25) is 0 Å². The molecular formula is C15H21N3O. The van der Waals surface area contributed by atoms with Crippen molar-refractivity contribution in [3.05, 3.63) is 48.0 Å². The topological polar surface area (TPSA) is 39.1 Å². The number of nitrogens with zero attached hydrogens (tertiary/aromatic N) is 2. The van der Waals surface area contributed by atoms with Crippen LogP contribution < -0.4 is 10.1 Å². The molecule has 102 valence electrons. The fourth-order valence-electron chi connectivity index (χ4n) is 2.28. The van der Waals surface area contributed by atoms with Crippen LogP contribution in [-0.4, -0.2) is 23.2 Å². The molecule has 4 heteroatoms. The number of benzene rings is 1. The number of nitrogens with one attached hydrogen (secondary N) is 1. The van der Waals surface area contributed by atoms with E-state index >= 15 is 0 Å². The van der Waals surface area contributed by atoms with Crippen molar-refractivity contribution in [1.82, 2.24) is 14.9 Å². The van der Waals surface area contributed by atoms with Crippen molar-refractivity contribution >= 4 is 0 Å². The molecule has 1 aromatic heterocycles. The van der Waals surface area contributed by atoms with E-state index in [0.717, 1.165) is 23.7 Å². The lowest BCUT2D eigenvalue weighted by molar-refractivity contribution is 0.333. The van der Waals surface area contributed by atoms with Crippen LogP contribution >= 0.6 is 0 Å². The van der Waals surface area contributed by atoms with Crippen molar-refractivity contribution in [3.63, 3.8) is 0 Å². The number of rotatable bonds is 6. The zero-order chi connectivity index (χ0) is 13.7. The highest BCUT2D eigenvalue weighted by molar-refractivity contribution is 5.39. The van der Waals surface area contributed by atoms with E-state index in [1.54, 1.807) is 0 Å². The van der Waals surface area contributed by atoms with E-state index in [0.29, 0.717) is 6.61 Å². The van der Waals surface area contributed by atoms with Crippen LogP contribution in [0.25, 0.3) is 0 Å². The van der Waals surface area contributed by atoms with E-state index in [9.17, 15) is 0 Å². The fraction of sp³-hybridized carbons (Fsp3) is 0.400. The Morgan fingerprint density at radius 3 is 2.79 bits per heavy atom. The molecule has 0 aliphatic carbocycles. The van der Waals surface area contributed by atoms with E-state index in [1.165, 1.54) is 0 Å². The predicted molar refractivity (Wildman–Crippen MR) is 76.4 cm³/mol. The second-order valence-corrected chi connectivity index (χ2v) is 4.26. The van der Waals surface area contributed by atoms with Crippen molar-refractivity contribution < 1.29 is 4.74 Å². The van der Waals surface area contributed by atoms with E-state index in [2.05, 4.69) is 27.9 Å². The first-order valence-corrected chi connectivity index (χ1v) is 6.71. The van der Waals surface area contributed by atoms with E-state index < -0.39 is 0 Å². The van der Waals surface area contributed by atoms with E-state index in [4.69, 9.17) is 4.74 Å². The van der Waals surface area contributed by atoms with Crippen molar-refractivity contribution in [3.8, 4) is 5.75 Å². The molecule has 0 saturated heterocycles. The number of ether oxygens (including phenoxy) is 1. The van der Waals surface area contributed by atoms with Gasteiger partial charge in [-0.25, -0.2) is 4.98 Å². The SMILES string of the molecule is CCOc1ccccc1C(NC)c1nccn1CC. The van der Waals surface area contributed by atoms with Crippen molar-refractivity contribution in [2.75, 3.05) is 13.7 Å². The zero-order valence-corrected chi connectivity index (χ0v) is 11.8. The van der Waals surface area contributed by atoms with Crippen LogP contribution in [-0.2, 0) is 6.54 Å². The maximum absolute atomic E-state index is 5.71. The van der Waals surface area contributed by atoms with E-state index in [1.807, 2.05) is 44.6 Å². The summed E-state index contributed by atoms with van der Waals surface area (Å²) >= 11 is 0. The average Bonchev–Trinajstić information content (AvgIpc) is 2.90. The second kappa shape index (κ2) is 6.38. The lowest BCUT2D eigenvalue weighted by atomic mass is 10.0. The Balaban J connectivity index is 2.42. The van der Waals surface area contributed by atoms with Crippen LogP contribution in [0.5, 0.6) is 5.75 Å². The number of hydrogen-bond acceptors (Lipinski definition) is 3. The van der Waals surface area contributed by atoms with Gasteiger partial charge < -0.3 is 14.6 Å². The highest BCUT2D eigenvalue weighted by Crippen LogP contribution is 2.29. The first-order valence-electron chi connectivity index (χ1n) is 6.71. The smallest absolute Gasteiger partial charge is 0.130 e. The summed E-state index contributed by atoms with van der Waals surface area (Å²) in [6.45, 7) is 5.68. The molecule has 0 aliphatic heterocycles.